The molecule has 0 bridgehead atoms. The van der Waals surface area contributed by atoms with Gasteiger partial charge in [0.05, 0.1) is 4.92 Å². The van der Waals surface area contributed by atoms with Crippen molar-refractivity contribution in [3.8, 4) is 0 Å². The van der Waals surface area contributed by atoms with Crippen LogP contribution in [0.3, 0.4) is 0 Å². The zero-order valence-electron chi connectivity index (χ0n) is 7.47. The van der Waals surface area contributed by atoms with E-state index in [-0.39, 0.29) is 5.65 Å². The van der Waals surface area contributed by atoms with Gasteiger partial charge < -0.3 is 0 Å². The van der Waals surface area contributed by atoms with Crippen molar-refractivity contribution >= 4 is 22.9 Å². The maximum Gasteiger partial charge on any atom is 0.382 e. The second-order valence-electron chi connectivity index (χ2n) is 2.87. The SMILES string of the molecule is O=[N+]([O-])c1cccn2c(C(F)(F)Cl)nnc12. The molecule has 2 rings (SSSR count). The first-order chi connectivity index (χ1) is 7.41. The predicted molar refractivity (Wildman–Crippen MR) is 49.4 cm³/mol. The van der Waals surface area contributed by atoms with Crippen molar-refractivity contribution in [2.24, 2.45) is 0 Å². The van der Waals surface area contributed by atoms with Crippen molar-refractivity contribution in [1.29, 1.82) is 0 Å². The molecule has 2 aromatic heterocycles. The van der Waals surface area contributed by atoms with Gasteiger partial charge in [-0.1, -0.05) is 0 Å². The van der Waals surface area contributed by atoms with Crippen molar-refractivity contribution in [1.82, 2.24) is 14.6 Å². The summed E-state index contributed by atoms with van der Waals surface area (Å²) in [6.07, 6.45) is 1.17. The summed E-state index contributed by atoms with van der Waals surface area (Å²) < 4.78 is 26.4. The van der Waals surface area contributed by atoms with E-state index in [0.29, 0.717) is 0 Å². The molecule has 0 saturated heterocycles. The molecule has 0 aliphatic carbocycles. The average Bonchev–Trinajstić information content (AvgIpc) is 2.59. The molecule has 2 aromatic rings. The number of alkyl halides is 3. The zero-order chi connectivity index (χ0) is 11.9. The van der Waals surface area contributed by atoms with E-state index < -0.39 is 21.8 Å². The molecule has 9 heteroatoms. The van der Waals surface area contributed by atoms with Crippen LogP contribution in [-0.2, 0) is 5.38 Å². The Morgan fingerprint density at radius 1 is 1.50 bits per heavy atom. The van der Waals surface area contributed by atoms with E-state index in [1.165, 1.54) is 12.3 Å². The fourth-order valence-corrected chi connectivity index (χ4v) is 1.37. The predicted octanol–water partition coefficient (Wildman–Crippen LogP) is 1.93. The van der Waals surface area contributed by atoms with E-state index in [9.17, 15) is 18.9 Å². The minimum atomic E-state index is -3.73. The van der Waals surface area contributed by atoms with Gasteiger partial charge in [0, 0.05) is 12.3 Å². The molecule has 0 spiro atoms. The van der Waals surface area contributed by atoms with Crippen LogP contribution in [0.5, 0.6) is 0 Å². The highest BCUT2D eigenvalue weighted by Crippen LogP contribution is 2.32. The smallest absolute Gasteiger partial charge is 0.274 e. The van der Waals surface area contributed by atoms with E-state index in [0.717, 1.165) is 10.5 Å². The molecule has 0 atom stereocenters. The Morgan fingerprint density at radius 3 is 2.75 bits per heavy atom. The lowest BCUT2D eigenvalue weighted by Crippen LogP contribution is -2.09. The second kappa shape index (κ2) is 3.34. The number of halogens is 3. The summed E-state index contributed by atoms with van der Waals surface area (Å²) in [4.78, 5) is 9.84. The Hall–Kier alpha value is -1.83. The van der Waals surface area contributed by atoms with Crippen LogP contribution >= 0.6 is 11.6 Å². The quantitative estimate of drug-likeness (QED) is 0.462. The molecule has 84 valence electrons. The molecule has 0 unspecified atom stereocenters. The van der Waals surface area contributed by atoms with Crippen LogP contribution in [0.1, 0.15) is 5.82 Å². The van der Waals surface area contributed by atoms with Crippen LogP contribution in [-0.4, -0.2) is 19.5 Å². The van der Waals surface area contributed by atoms with E-state index in [1.807, 2.05) is 0 Å². The highest BCUT2D eigenvalue weighted by Gasteiger charge is 2.35. The molecule has 6 nitrogen and oxygen atoms in total. The molecule has 0 amide bonds. The van der Waals surface area contributed by atoms with E-state index in [4.69, 9.17) is 11.6 Å². The van der Waals surface area contributed by atoms with Gasteiger partial charge in [-0.2, -0.15) is 8.78 Å². The van der Waals surface area contributed by atoms with E-state index in [2.05, 4.69) is 10.2 Å². The molecule has 0 aliphatic heterocycles. The van der Waals surface area contributed by atoms with Gasteiger partial charge in [-0.25, -0.2) is 0 Å². The van der Waals surface area contributed by atoms with E-state index in [1.54, 1.807) is 0 Å². The Balaban J connectivity index is 2.76. The van der Waals surface area contributed by atoms with Crippen molar-refractivity contribution in [3.63, 3.8) is 0 Å². The fraction of sp³-hybridized carbons (Fsp3) is 0.143. The van der Waals surface area contributed by atoms with Gasteiger partial charge >= 0.3 is 11.1 Å². The molecule has 0 radical (unpaired) electrons. The number of rotatable bonds is 2. The monoisotopic (exact) mass is 248 g/mol. The van der Waals surface area contributed by atoms with Crippen LogP contribution in [0.2, 0.25) is 0 Å². The summed E-state index contributed by atoms with van der Waals surface area (Å²) in [6, 6.07) is 2.38. The topological polar surface area (TPSA) is 73.3 Å². The second-order valence-corrected chi connectivity index (χ2v) is 3.34. The third-order valence-electron chi connectivity index (χ3n) is 1.86. The highest BCUT2D eigenvalue weighted by molar-refractivity contribution is 6.21. The number of nitrogens with zero attached hydrogens (tertiary/aromatic N) is 4. The molecule has 0 saturated carbocycles. The first-order valence-corrected chi connectivity index (χ1v) is 4.34. The molecule has 0 fully saturated rings. The molecule has 16 heavy (non-hydrogen) atoms. The Bertz CT molecular complexity index is 565. The molecular formula is C7H3ClF2N4O2. The summed E-state index contributed by atoms with van der Waals surface area (Å²) in [5.41, 5.74) is -0.690. The van der Waals surface area contributed by atoms with Gasteiger partial charge in [-0.05, 0) is 17.7 Å². The lowest BCUT2D eigenvalue weighted by atomic mass is 10.4. The van der Waals surface area contributed by atoms with Gasteiger partial charge in [0.15, 0.2) is 0 Å². The number of nitro groups is 1. The molecule has 0 aromatic carbocycles. The number of aromatic nitrogens is 3. The van der Waals surface area contributed by atoms with Gasteiger partial charge in [0.25, 0.3) is 0 Å². The molecule has 2 heterocycles. The van der Waals surface area contributed by atoms with Gasteiger partial charge in [0.1, 0.15) is 0 Å². The van der Waals surface area contributed by atoms with Crippen LogP contribution in [0.15, 0.2) is 18.3 Å². The van der Waals surface area contributed by atoms with Crippen LogP contribution in [0.4, 0.5) is 14.5 Å². The molecule has 0 N–H and O–H groups in total. The molecular weight excluding hydrogens is 246 g/mol. The van der Waals surface area contributed by atoms with Crippen LogP contribution in [0, 0.1) is 10.1 Å². The summed E-state index contributed by atoms with van der Waals surface area (Å²) in [7, 11) is 0. The lowest BCUT2D eigenvalue weighted by Gasteiger charge is -2.04. The third-order valence-corrected chi connectivity index (χ3v) is 2.03. The number of hydrogen-bond acceptors (Lipinski definition) is 4. The summed E-state index contributed by atoms with van der Waals surface area (Å²) in [5, 5.41) is 13.3. The summed E-state index contributed by atoms with van der Waals surface area (Å²) in [5.74, 6) is -0.854. The Morgan fingerprint density at radius 2 is 2.19 bits per heavy atom. The van der Waals surface area contributed by atoms with Crippen molar-refractivity contribution in [3.05, 3.63) is 34.3 Å². The zero-order valence-corrected chi connectivity index (χ0v) is 8.23. The first kappa shape index (κ1) is 10.7. The maximum atomic E-state index is 12.8. The standard InChI is InChI=1S/C7H3ClF2N4O2/c8-7(9,10)6-12-11-5-4(14(15)16)2-1-3-13(5)6/h1-3H. The van der Waals surface area contributed by atoms with Gasteiger partial charge in [-0.15, -0.1) is 10.2 Å². The van der Waals surface area contributed by atoms with Crippen molar-refractivity contribution < 1.29 is 13.7 Å². The first-order valence-electron chi connectivity index (χ1n) is 3.96. The molecule has 0 aliphatic rings. The largest absolute Gasteiger partial charge is 0.382 e. The minimum Gasteiger partial charge on any atom is -0.274 e. The number of fused-ring (bicyclic) bond motifs is 1. The number of hydrogen-bond donors (Lipinski definition) is 0. The Labute approximate surface area is 91.6 Å². The average molecular weight is 249 g/mol. The van der Waals surface area contributed by atoms with Crippen molar-refractivity contribution in [2.75, 3.05) is 0 Å². The van der Waals surface area contributed by atoms with E-state index >= 15 is 0 Å². The van der Waals surface area contributed by atoms with Gasteiger partial charge in [-0.3, -0.25) is 14.5 Å². The number of pyridine rings is 1. The van der Waals surface area contributed by atoms with Crippen LogP contribution in [0.25, 0.3) is 5.65 Å². The summed E-state index contributed by atoms with van der Waals surface area (Å²) >= 11 is 4.78. The fourth-order valence-electron chi connectivity index (χ4n) is 1.24. The Kier molecular flexibility index (Phi) is 2.23. The highest BCUT2D eigenvalue weighted by atomic mass is 35.5. The minimum absolute atomic E-state index is 0.275. The normalized spacial score (nSPS) is 11.9. The maximum absolute atomic E-state index is 12.8. The van der Waals surface area contributed by atoms with Crippen molar-refractivity contribution in [2.45, 2.75) is 5.38 Å². The van der Waals surface area contributed by atoms with Crippen LogP contribution < -0.4 is 0 Å². The summed E-state index contributed by atoms with van der Waals surface area (Å²) in [6.45, 7) is 0. The lowest BCUT2D eigenvalue weighted by molar-refractivity contribution is -0.383. The third kappa shape index (κ3) is 1.56. The van der Waals surface area contributed by atoms with Gasteiger partial charge in [0.2, 0.25) is 11.5 Å².